The molecule has 0 atom stereocenters. The van der Waals surface area contributed by atoms with Gasteiger partial charge in [-0.25, -0.2) is 9.59 Å². The molecule has 0 bridgehead atoms. The number of nitrogens with one attached hydrogen (secondary N) is 1. The number of hydrogen-bond donors (Lipinski definition) is 3. The summed E-state index contributed by atoms with van der Waals surface area (Å²) in [7, 11) is 2.15. The van der Waals surface area contributed by atoms with Crippen LogP contribution >= 0.6 is 0 Å². The fourth-order valence-electron chi connectivity index (χ4n) is 2.06. The van der Waals surface area contributed by atoms with Crippen molar-refractivity contribution in [2.45, 2.75) is 32.2 Å². The number of carboxylic acids is 2. The fraction of sp³-hybridized carbons (Fsp3) is 0.500. The van der Waals surface area contributed by atoms with Crippen molar-refractivity contribution in [1.29, 1.82) is 0 Å². The minimum Gasteiger partial charge on any atom is -0.473 e. The molecule has 0 heterocycles. The monoisotopic (exact) mass is 350 g/mol. The van der Waals surface area contributed by atoms with Crippen molar-refractivity contribution in [1.82, 2.24) is 10.2 Å². The topological polar surface area (TPSA) is 107 Å². The summed E-state index contributed by atoms with van der Waals surface area (Å²) < 4.78 is 0. The molecule has 0 radical (unpaired) electrons. The first-order valence-corrected chi connectivity index (χ1v) is 8.14. The Hall–Kier alpha value is -2.41. The zero-order chi connectivity index (χ0) is 19.0. The molecule has 25 heavy (non-hydrogen) atoms. The van der Waals surface area contributed by atoms with E-state index in [0.29, 0.717) is 6.54 Å². The molecule has 2 rings (SSSR count). The largest absolute Gasteiger partial charge is 0.473 e. The Morgan fingerprint density at radius 1 is 1.12 bits per heavy atom. The van der Waals surface area contributed by atoms with Crippen LogP contribution in [0.3, 0.4) is 0 Å². The summed E-state index contributed by atoms with van der Waals surface area (Å²) in [6.45, 7) is 6.17. The van der Waals surface area contributed by atoms with E-state index in [9.17, 15) is 4.79 Å². The predicted molar refractivity (Wildman–Crippen MR) is 93.5 cm³/mol. The number of rotatable bonds is 6. The highest BCUT2D eigenvalue weighted by atomic mass is 16.4. The van der Waals surface area contributed by atoms with E-state index in [1.807, 2.05) is 30.3 Å². The number of benzene rings is 1. The van der Waals surface area contributed by atoms with Crippen LogP contribution in [-0.4, -0.2) is 58.6 Å². The van der Waals surface area contributed by atoms with Crippen LogP contribution in [0, 0.1) is 5.92 Å². The molecule has 0 unspecified atom stereocenters. The molecular weight excluding hydrogens is 324 g/mol. The Morgan fingerprint density at radius 3 is 2.08 bits per heavy atom. The number of carbonyl (C=O) groups excluding carboxylic acids is 1. The predicted octanol–water partition coefficient (Wildman–Crippen LogP) is 1.69. The van der Waals surface area contributed by atoms with E-state index in [2.05, 4.69) is 31.1 Å². The van der Waals surface area contributed by atoms with Gasteiger partial charge in [0.25, 0.3) is 5.91 Å². The Labute approximate surface area is 147 Å². The molecule has 7 nitrogen and oxygen atoms in total. The van der Waals surface area contributed by atoms with Gasteiger partial charge in [-0.1, -0.05) is 18.2 Å². The van der Waals surface area contributed by atoms with Crippen molar-refractivity contribution >= 4 is 17.8 Å². The number of carbonyl (C=O) groups is 3. The Kier molecular flexibility index (Phi) is 7.57. The third-order valence-electron chi connectivity index (χ3n) is 4.16. The lowest BCUT2D eigenvalue weighted by Crippen LogP contribution is -2.50. The molecule has 138 valence electrons. The summed E-state index contributed by atoms with van der Waals surface area (Å²) in [4.78, 5) is 32.6. The maximum absolute atomic E-state index is 12.0. The van der Waals surface area contributed by atoms with Crippen molar-refractivity contribution < 1.29 is 24.6 Å². The summed E-state index contributed by atoms with van der Waals surface area (Å²) in [6, 6.07) is 9.38. The highest BCUT2D eigenvalue weighted by molar-refractivity contribution is 6.27. The first-order chi connectivity index (χ1) is 11.6. The van der Waals surface area contributed by atoms with Crippen molar-refractivity contribution in [2.75, 3.05) is 20.1 Å². The lowest BCUT2D eigenvalue weighted by molar-refractivity contribution is -0.159. The lowest BCUT2D eigenvalue weighted by Gasteiger charge is -2.36. The van der Waals surface area contributed by atoms with Crippen LogP contribution in [0.2, 0.25) is 0 Å². The fourth-order valence-corrected chi connectivity index (χ4v) is 2.06. The van der Waals surface area contributed by atoms with Crippen molar-refractivity contribution in [3.05, 3.63) is 35.9 Å². The van der Waals surface area contributed by atoms with Gasteiger partial charge in [0.15, 0.2) is 0 Å². The van der Waals surface area contributed by atoms with Gasteiger partial charge < -0.3 is 15.5 Å². The van der Waals surface area contributed by atoms with Crippen LogP contribution in [0.4, 0.5) is 0 Å². The molecule has 1 aromatic rings. The quantitative estimate of drug-likeness (QED) is 0.674. The minimum absolute atomic E-state index is 0.00691. The number of likely N-dealkylation sites (N-methyl/N-ethyl adjacent to an activating group) is 1. The van der Waals surface area contributed by atoms with Gasteiger partial charge in [0.2, 0.25) is 0 Å². The maximum Gasteiger partial charge on any atom is 0.414 e. The molecule has 1 aromatic carbocycles. The Bertz CT molecular complexity index is 585. The van der Waals surface area contributed by atoms with Crippen LogP contribution in [-0.2, 0) is 9.59 Å². The number of hydrogen-bond acceptors (Lipinski definition) is 4. The zero-order valence-corrected chi connectivity index (χ0v) is 14.9. The highest BCUT2D eigenvalue weighted by Crippen LogP contribution is 2.31. The lowest BCUT2D eigenvalue weighted by atomic mass is 10.0. The highest BCUT2D eigenvalue weighted by Gasteiger charge is 2.30. The molecule has 3 N–H and O–H groups in total. The zero-order valence-electron chi connectivity index (χ0n) is 14.9. The minimum atomic E-state index is -1.82. The summed E-state index contributed by atoms with van der Waals surface area (Å²) in [5.74, 6) is -2.77. The Balaban J connectivity index is 0.000000450. The second-order valence-corrected chi connectivity index (χ2v) is 6.80. The molecule has 0 aromatic heterocycles. The first kappa shape index (κ1) is 20.6. The van der Waals surface area contributed by atoms with Crippen LogP contribution < -0.4 is 5.32 Å². The van der Waals surface area contributed by atoms with Gasteiger partial charge in [0, 0.05) is 24.2 Å². The van der Waals surface area contributed by atoms with E-state index >= 15 is 0 Å². The van der Waals surface area contributed by atoms with Crippen molar-refractivity contribution in [2.24, 2.45) is 5.92 Å². The van der Waals surface area contributed by atoms with Crippen LogP contribution in [0.25, 0.3) is 0 Å². The molecule has 1 aliphatic rings. The maximum atomic E-state index is 12.0. The van der Waals surface area contributed by atoms with Crippen molar-refractivity contribution in [3.63, 3.8) is 0 Å². The van der Waals surface area contributed by atoms with Crippen LogP contribution in [0.15, 0.2) is 30.3 Å². The van der Waals surface area contributed by atoms with Crippen LogP contribution in [0.1, 0.15) is 37.0 Å². The molecule has 1 aliphatic carbocycles. The molecular formula is C18H26N2O5. The van der Waals surface area contributed by atoms with E-state index in [1.165, 1.54) is 12.8 Å². The first-order valence-electron chi connectivity index (χ1n) is 8.14. The molecule has 0 spiro atoms. The SMILES string of the molecule is CN(CC1CC1)C(C)(C)CNC(=O)c1ccccc1.O=C(O)C(=O)O. The van der Waals surface area contributed by atoms with Gasteiger partial charge >= 0.3 is 11.9 Å². The molecule has 1 saturated carbocycles. The average Bonchev–Trinajstić information content (AvgIpc) is 3.38. The van der Waals surface area contributed by atoms with Gasteiger partial charge in [0.05, 0.1) is 0 Å². The summed E-state index contributed by atoms with van der Waals surface area (Å²) in [5.41, 5.74) is 0.718. The summed E-state index contributed by atoms with van der Waals surface area (Å²) in [6.07, 6.45) is 2.72. The normalized spacial score (nSPS) is 13.6. The number of aliphatic carboxylic acids is 2. The second-order valence-electron chi connectivity index (χ2n) is 6.80. The third kappa shape index (κ3) is 7.80. The van der Waals surface area contributed by atoms with E-state index < -0.39 is 11.9 Å². The van der Waals surface area contributed by atoms with Gasteiger partial charge in [0.1, 0.15) is 0 Å². The van der Waals surface area contributed by atoms with E-state index in [1.54, 1.807) is 0 Å². The average molecular weight is 350 g/mol. The second kappa shape index (κ2) is 9.17. The van der Waals surface area contributed by atoms with E-state index in [4.69, 9.17) is 19.8 Å². The number of carboxylic acid groups (broad SMARTS) is 2. The van der Waals surface area contributed by atoms with E-state index in [-0.39, 0.29) is 11.4 Å². The molecule has 0 aliphatic heterocycles. The summed E-state index contributed by atoms with van der Waals surface area (Å²) in [5, 5.41) is 17.8. The van der Waals surface area contributed by atoms with Gasteiger partial charge in [-0.3, -0.25) is 9.69 Å². The van der Waals surface area contributed by atoms with Crippen LogP contribution in [0.5, 0.6) is 0 Å². The van der Waals surface area contributed by atoms with Gasteiger partial charge in [-0.2, -0.15) is 0 Å². The van der Waals surface area contributed by atoms with Gasteiger partial charge in [-0.05, 0) is 51.8 Å². The van der Waals surface area contributed by atoms with E-state index in [0.717, 1.165) is 18.0 Å². The number of amides is 1. The molecule has 1 amide bonds. The number of nitrogens with zero attached hydrogens (tertiary/aromatic N) is 1. The Morgan fingerprint density at radius 2 is 1.64 bits per heavy atom. The molecule has 1 fully saturated rings. The third-order valence-corrected chi connectivity index (χ3v) is 4.16. The molecule has 7 heteroatoms. The molecule has 0 saturated heterocycles. The van der Waals surface area contributed by atoms with Crippen molar-refractivity contribution in [3.8, 4) is 0 Å². The smallest absolute Gasteiger partial charge is 0.414 e. The summed E-state index contributed by atoms with van der Waals surface area (Å²) >= 11 is 0. The standard InChI is InChI=1S/C16H24N2O.C2H2O4/c1-16(2,18(3)11-13-9-10-13)12-17-15(19)14-7-5-4-6-8-14;3-1(4)2(5)6/h4-8,13H,9-12H2,1-3H3,(H,17,19);(H,3,4)(H,5,6). The van der Waals surface area contributed by atoms with Gasteiger partial charge in [-0.15, -0.1) is 0 Å².